The van der Waals surface area contributed by atoms with Crippen molar-refractivity contribution in [2.45, 2.75) is 12.8 Å². The summed E-state index contributed by atoms with van der Waals surface area (Å²) >= 11 is 0. The number of aromatic nitrogens is 8. The number of hydrogen-bond donors (Lipinski definition) is 1. The molecule has 2 aliphatic heterocycles. The molecule has 39 heavy (non-hydrogen) atoms. The first-order valence-electron chi connectivity index (χ1n) is 12.6. The third-order valence-corrected chi connectivity index (χ3v) is 7.70. The molecule has 0 saturated carbocycles. The van der Waals surface area contributed by atoms with Gasteiger partial charge in [-0.1, -0.05) is 23.4 Å². The zero-order valence-corrected chi connectivity index (χ0v) is 20.7. The van der Waals surface area contributed by atoms with Crippen LogP contribution >= 0.6 is 0 Å². The summed E-state index contributed by atoms with van der Waals surface area (Å²) in [4.78, 5) is 41.9. The van der Waals surface area contributed by atoms with Crippen LogP contribution in [0.2, 0.25) is 0 Å². The van der Waals surface area contributed by atoms with Gasteiger partial charge in [0.2, 0.25) is 5.95 Å². The number of hydrogen-bond acceptors (Lipinski definition) is 8. The van der Waals surface area contributed by atoms with Crippen LogP contribution in [0.4, 0.5) is 10.3 Å². The average Bonchev–Trinajstić information content (AvgIpc) is 3.79. The lowest BCUT2D eigenvalue weighted by atomic mass is 9.86. The zero-order chi connectivity index (χ0) is 26.6. The second-order valence-corrected chi connectivity index (χ2v) is 10.0. The Morgan fingerprint density at radius 3 is 2.72 bits per heavy atom. The molecular weight excluding hydrogens is 503 g/mol. The first-order valence-corrected chi connectivity index (χ1v) is 12.6. The third kappa shape index (κ3) is 3.76. The fourth-order valence-corrected chi connectivity index (χ4v) is 5.78. The summed E-state index contributed by atoms with van der Waals surface area (Å²) in [5, 5.41) is 12.1. The lowest BCUT2D eigenvalue weighted by Gasteiger charge is -2.25. The average molecular weight is 527 g/mol. The molecule has 2 saturated heterocycles. The van der Waals surface area contributed by atoms with Gasteiger partial charge in [0, 0.05) is 37.8 Å². The van der Waals surface area contributed by atoms with Gasteiger partial charge in [0.25, 0.3) is 11.7 Å². The Labute approximate surface area is 221 Å². The molecule has 1 unspecified atom stereocenters. The normalized spacial score (nSPS) is 19.0. The maximum absolute atomic E-state index is 14.9. The van der Waals surface area contributed by atoms with Gasteiger partial charge in [-0.25, -0.2) is 14.1 Å². The Morgan fingerprint density at radius 2 is 1.90 bits per heavy atom. The summed E-state index contributed by atoms with van der Waals surface area (Å²) in [5.74, 6) is -1.06. The molecule has 1 N–H and O–H groups in total. The number of carbonyl (C=O) groups excluding carboxylic acids is 2. The van der Waals surface area contributed by atoms with Crippen molar-refractivity contribution < 1.29 is 14.0 Å². The van der Waals surface area contributed by atoms with Crippen molar-refractivity contribution in [3.05, 3.63) is 72.8 Å². The molecule has 1 aromatic carbocycles. The molecule has 196 valence electrons. The van der Waals surface area contributed by atoms with E-state index in [0.29, 0.717) is 19.6 Å². The molecule has 1 atom stereocenters. The number of amides is 1. The molecule has 0 aliphatic carbocycles. The quantitative estimate of drug-likeness (QED) is 0.272. The smallest absolute Gasteiger partial charge is 0.295 e. The van der Waals surface area contributed by atoms with Gasteiger partial charge in [0.15, 0.2) is 11.6 Å². The van der Waals surface area contributed by atoms with E-state index >= 15 is 0 Å². The van der Waals surface area contributed by atoms with Gasteiger partial charge < -0.3 is 14.8 Å². The number of nitrogens with zero attached hydrogens (tertiary/aromatic N) is 9. The van der Waals surface area contributed by atoms with Gasteiger partial charge in [-0.2, -0.15) is 14.8 Å². The number of ketones is 1. The number of anilines is 1. The van der Waals surface area contributed by atoms with E-state index in [4.69, 9.17) is 0 Å². The maximum Gasteiger partial charge on any atom is 0.295 e. The Bertz CT molecular complexity index is 1700. The number of para-hydroxylation sites is 1. The van der Waals surface area contributed by atoms with Crippen LogP contribution in [0.3, 0.4) is 0 Å². The Morgan fingerprint density at radius 1 is 1.05 bits per heavy atom. The van der Waals surface area contributed by atoms with Gasteiger partial charge in [0.1, 0.15) is 6.33 Å². The second kappa shape index (κ2) is 8.82. The number of benzene rings is 1. The summed E-state index contributed by atoms with van der Waals surface area (Å²) in [7, 11) is 0. The highest BCUT2D eigenvalue weighted by Gasteiger charge is 2.46. The van der Waals surface area contributed by atoms with Crippen molar-refractivity contribution in [1.82, 2.24) is 44.6 Å². The highest BCUT2D eigenvalue weighted by molar-refractivity contribution is 6.45. The summed E-state index contributed by atoms with van der Waals surface area (Å²) < 4.78 is 18.0. The predicted octanol–water partition coefficient (Wildman–Crippen LogP) is 2.18. The highest BCUT2D eigenvalue weighted by atomic mass is 19.1. The Hall–Kier alpha value is -4.94. The van der Waals surface area contributed by atoms with Crippen LogP contribution in [0.5, 0.6) is 0 Å². The molecule has 12 nitrogen and oxygen atoms in total. The summed E-state index contributed by atoms with van der Waals surface area (Å²) in [5.41, 5.74) is 1.01. The number of carbonyl (C=O) groups is 2. The van der Waals surface area contributed by atoms with Gasteiger partial charge in [-0.15, -0.1) is 5.10 Å². The van der Waals surface area contributed by atoms with Crippen molar-refractivity contribution in [1.29, 1.82) is 0 Å². The number of nitrogens with one attached hydrogen (secondary N) is 1. The first-order chi connectivity index (χ1) is 19.0. The van der Waals surface area contributed by atoms with Crippen LogP contribution in [0.25, 0.3) is 22.4 Å². The maximum atomic E-state index is 14.9. The van der Waals surface area contributed by atoms with Crippen LogP contribution in [0.15, 0.2) is 61.4 Å². The lowest BCUT2D eigenvalue weighted by molar-refractivity contribution is -0.125. The van der Waals surface area contributed by atoms with Crippen molar-refractivity contribution in [2.75, 3.05) is 31.1 Å². The second-order valence-electron chi connectivity index (χ2n) is 10.0. The van der Waals surface area contributed by atoms with E-state index < -0.39 is 17.5 Å². The summed E-state index contributed by atoms with van der Waals surface area (Å²) in [6.45, 7) is 2.38. The third-order valence-electron chi connectivity index (χ3n) is 7.70. The summed E-state index contributed by atoms with van der Waals surface area (Å²) in [6, 6.07) is 9.81. The van der Waals surface area contributed by atoms with Gasteiger partial charge in [0.05, 0.1) is 40.7 Å². The molecule has 7 rings (SSSR count). The molecule has 5 aromatic rings. The van der Waals surface area contributed by atoms with E-state index in [1.54, 1.807) is 17.4 Å². The lowest BCUT2D eigenvalue weighted by Crippen LogP contribution is -2.38. The number of aromatic amines is 1. The monoisotopic (exact) mass is 526 g/mol. The van der Waals surface area contributed by atoms with E-state index in [1.807, 2.05) is 35.0 Å². The minimum Gasteiger partial charge on any atom is -0.357 e. The molecule has 1 spiro atoms. The molecule has 13 heteroatoms. The molecule has 6 heterocycles. The molecule has 2 fully saturated rings. The molecule has 1 amide bonds. The van der Waals surface area contributed by atoms with Crippen molar-refractivity contribution in [3.63, 3.8) is 0 Å². The SMILES string of the molecule is O=C(C(=O)N1CCC2(CCN(c3ncnn3-c3ccccc3)C2)C1)c1c[nH]c2c(-n3ccnn3)ncc(F)c12. The number of H-pyrrole nitrogens is 1. The number of fused-ring (bicyclic) bond motifs is 1. The minimum atomic E-state index is -0.758. The van der Waals surface area contributed by atoms with Crippen molar-refractivity contribution in [2.24, 2.45) is 5.41 Å². The van der Waals surface area contributed by atoms with E-state index in [-0.39, 0.29) is 27.7 Å². The van der Waals surface area contributed by atoms with Crippen LogP contribution < -0.4 is 4.90 Å². The Kier molecular flexibility index (Phi) is 5.25. The number of likely N-dealkylation sites (tertiary alicyclic amines) is 1. The summed E-state index contributed by atoms with van der Waals surface area (Å²) in [6.07, 6.45) is 8.57. The highest BCUT2D eigenvalue weighted by Crippen LogP contribution is 2.41. The van der Waals surface area contributed by atoms with E-state index in [1.165, 1.54) is 17.1 Å². The first kappa shape index (κ1) is 23.2. The molecular formula is C26H23FN10O2. The van der Waals surface area contributed by atoms with Crippen molar-refractivity contribution >= 4 is 28.5 Å². The minimum absolute atomic E-state index is 0.00931. The Balaban J connectivity index is 1.10. The van der Waals surface area contributed by atoms with Crippen LogP contribution in [-0.2, 0) is 4.79 Å². The number of halogens is 1. The van der Waals surface area contributed by atoms with E-state index in [9.17, 15) is 14.0 Å². The van der Waals surface area contributed by atoms with E-state index in [2.05, 4.69) is 35.3 Å². The molecule has 0 radical (unpaired) electrons. The predicted molar refractivity (Wildman–Crippen MR) is 137 cm³/mol. The van der Waals surface area contributed by atoms with Gasteiger partial charge in [-0.3, -0.25) is 9.59 Å². The topological polar surface area (TPSA) is 131 Å². The fourth-order valence-electron chi connectivity index (χ4n) is 5.78. The number of pyridine rings is 1. The van der Waals surface area contributed by atoms with Crippen LogP contribution in [-0.4, -0.2) is 82.5 Å². The zero-order valence-electron chi connectivity index (χ0n) is 20.7. The van der Waals surface area contributed by atoms with E-state index in [0.717, 1.165) is 37.2 Å². The van der Waals surface area contributed by atoms with Crippen LogP contribution in [0.1, 0.15) is 23.2 Å². The fraction of sp³-hybridized carbons (Fsp3) is 0.269. The molecule has 0 bridgehead atoms. The molecule has 4 aromatic heterocycles. The van der Waals surface area contributed by atoms with Gasteiger partial charge >= 0.3 is 0 Å². The van der Waals surface area contributed by atoms with Crippen molar-refractivity contribution in [3.8, 4) is 11.5 Å². The van der Waals surface area contributed by atoms with Gasteiger partial charge in [-0.05, 0) is 25.0 Å². The molecule has 2 aliphatic rings. The largest absolute Gasteiger partial charge is 0.357 e. The standard InChI is InChI=1S/C26H23FN10O2/c27-19-13-29-23(36-11-8-31-33-36)21-20(19)18(12-28-21)22(38)24(39)34-9-6-26(14-34)7-10-35(15-26)25-30-16-32-37(25)17-4-2-1-3-5-17/h1-5,8,11-13,16,28H,6-7,9-10,14-15H2. The number of Topliss-reactive ketones (excluding diaryl/α,β-unsaturated/α-hetero) is 1. The van der Waals surface area contributed by atoms with Crippen LogP contribution in [0, 0.1) is 11.2 Å². The number of rotatable bonds is 5.